The van der Waals surface area contributed by atoms with E-state index >= 15 is 0 Å². The number of hydrogen-bond donors (Lipinski definition) is 1. The highest BCUT2D eigenvalue weighted by molar-refractivity contribution is 5.92. The molecule has 3 rings (SSSR count). The predicted octanol–water partition coefficient (Wildman–Crippen LogP) is 2.94. The molecule has 1 aliphatic rings. The lowest BCUT2D eigenvalue weighted by molar-refractivity contribution is 0.0684. The molecule has 2 heterocycles. The Morgan fingerprint density at radius 1 is 1.22 bits per heavy atom. The number of carbonyl (C=O) groups is 1. The van der Waals surface area contributed by atoms with Crippen LogP contribution in [0, 0.1) is 12.8 Å². The summed E-state index contributed by atoms with van der Waals surface area (Å²) < 4.78 is 5.03. The summed E-state index contributed by atoms with van der Waals surface area (Å²) in [7, 11) is 1.65. The van der Waals surface area contributed by atoms with Gasteiger partial charge in [0.25, 0.3) is 5.91 Å². The van der Waals surface area contributed by atoms with E-state index in [1.54, 1.807) is 13.2 Å². The van der Waals surface area contributed by atoms with Crippen molar-refractivity contribution in [3.63, 3.8) is 0 Å². The zero-order valence-electron chi connectivity index (χ0n) is 16.1. The maximum Gasteiger partial charge on any atom is 0.272 e. The molecule has 1 aromatic carbocycles. The number of benzene rings is 1. The zero-order chi connectivity index (χ0) is 19.1. The van der Waals surface area contributed by atoms with Crippen molar-refractivity contribution >= 4 is 11.9 Å². The number of rotatable bonds is 7. The van der Waals surface area contributed by atoms with Crippen molar-refractivity contribution in [1.82, 2.24) is 14.9 Å². The zero-order valence-corrected chi connectivity index (χ0v) is 16.1. The van der Waals surface area contributed by atoms with Gasteiger partial charge in [0, 0.05) is 32.4 Å². The molecule has 0 saturated carbocycles. The highest BCUT2D eigenvalue weighted by Crippen LogP contribution is 2.23. The van der Waals surface area contributed by atoms with Crippen molar-refractivity contribution in [3.8, 4) is 0 Å². The van der Waals surface area contributed by atoms with Gasteiger partial charge in [0.2, 0.25) is 5.95 Å². The van der Waals surface area contributed by atoms with E-state index in [2.05, 4.69) is 39.6 Å². The summed E-state index contributed by atoms with van der Waals surface area (Å²) in [6, 6.07) is 12.3. The summed E-state index contributed by atoms with van der Waals surface area (Å²) in [6.07, 6.45) is 3.15. The third kappa shape index (κ3) is 5.50. The average Bonchev–Trinajstić information content (AvgIpc) is 2.69. The van der Waals surface area contributed by atoms with Gasteiger partial charge in [0.1, 0.15) is 5.69 Å². The Balaban J connectivity index is 1.57. The van der Waals surface area contributed by atoms with Crippen molar-refractivity contribution in [2.45, 2.75) is 26.2 Å². The Morgan fingerprint density at radius 2 is 1.96 bits per heavy atom. The number of carbonyl (C=O) groups excluding carboxylic acids is 1. The van der Waals surface area contributed by atoms with Crippen LogP contribution in [0.3, 0.4) is 0 Å². The molecule has 1 aliphatic heterocycles. The number of nitrogens with zero attached hydrogens (tertiary/aromatic N) is 3. The molecule has 144 valence electrons. The van der Waals surface area contributed by atoms with Crippen molar-refractivity contribution in [2.24, 2.45) is 5.92 Å². The highest BCUT2D eigenvalue weighted by atomic mass is 16.5. The fourth-order valence-corrected chi connectivity index (χ4v) is 3.47. The molecular weight excluding hydrogens is 340 g/mol. The minimum Gasteiger partial charge on any atom is -0.383 e. The second kappa shape index (κ2) is 9.46. The highest BCUT2D eigenvalue weighted by Gasteiger charge is 2.25. The van der Waals surface area contributed by atoms with Gasteiger partial charge in [-0.05, 0) is 43.7 Å². The third-order valence-corrected chi connectivity index (χ3v) is 4.93. The maximum atomic E-state index is 12.9. The fourth-order valence-electron chi connectivity index (χ4n) is 3.47. The molecule has 6 heteroatoms. The third-order valence-electron chi connectivity index (χ3n) is 4.93. The Kier molecular flexibility index (Phi) is 6.76. The first-order valence-electron chi connectivity index (χ1n) is 9.57. The molecule has 27 heavy (non-hydrogen) atoms. The first-order valence-corrected chi connectivity index (χ1v) is 9.57. The second-order valence-electron chi connectivity index (χ2n) is 7.06. The molecule has 2 aromatic rings. The van der Waals surface area contributed by atoms with Crippen LogP contribution in [0.2, 0.25) is 0 Å². The quantitative estimate of drug-likeness (QED) is 0.761. The molecule has 1 N–H and O–H groups in total. The van der Waals surface area contributed by atoms with Crippen LogP contribution in [-0.2, 0) is 11.2 Å². The van der Waals surface area contributed by atoms with Crippen molar-refractivity contribution in [3.05, 3.63) is 53.3 Å². The van der Waals surface area contributed by atoms with Gasteiger partial charge in [-0.3, -0.25) is 4.79 Å². The van der Waals surface area contributed by atoms with Gasteiger partial charge < -0.3 is 15.0 Å². The molecule has 0 bridgehead atoms. The molecule has 0 spiro atoms. The maximum absolute atomic E-state index is 12.9. The first-order chi connectivity index (χ1) is 13.2. The summed E-state index contributed by atoms with van der Waals surface area (Å²) in [6.45, 7) is 4.62. The molecule has 1 fully saturated rings. The monoisotopic (exact) mass is 368 g/mol. The number of methoxy groups -OCH3 is 1. The smallest absolute Gasteiger partial charge is 0.272 e. The first kappa shape index (κ1) is 19.3. The molecule has 6 nitrogen and oxygen atoms in total. The van der Waals surface area contributed by atoms with E-state index in [4.69, 9.17) is 4.74 Å². The minimum atomic E-state index is -0.00606. The van der Waals surface area contributed by atoms with Gasteiger partial charge in [-0.1, -0.05) is 30.3 Å². The van der Waals surface area contributed by atoms with Crippen LogP contribution >= 0.6 is 0 Å². The van der Waals surface area contributed by atoms with E-state index in [0.29, 0.717) is 30.7 Å². The predicted molar refractivity (Wildman–Crippen MR) is 106 cm³/mol. The summed E-state index contributed by atoms with van der Waals surface area (Å²) in [5, 5.41) is 3.10. The number of ether oxygens (including phenoxy) is 1. The van der Waals surface area contributed by atoms with E-state index in [9.17, 15) is 4.79 Å². The van der Waals surface area contributed by atoms with Gasteiger partial charge in [0.15, 0.2) is 0 Å². The SMILES string of the molecule is COCCNc1nc(C)cc(C(=O)N2CCC(Cc3ccccc3)CC2)n1. The molecule has 0 radical (unpaired) electrons. The fraction of sp³-hybridized carbons (Fsp3) is 0.476. The van der Waals surface area contributed by atoms with Gasteiger partial charge in [-0.15, -0.1) is 0 Å². The molecule has 1 saturated heterocycles. The molecule has 1 amide bonds. The number of anilines is 1. The van der Waals surface area contributed by atoms with Gasteiger partial charge in [0.05, 0.1) is 6.61 Å². The lowest BCUT2D eigenvalue weighted by Gasteiger charge is -2.32. The summed E-state index contributed by atoms with van der Waals surface area (Å²) in [4.78, 5) is 23.5. The standard InChI is InChI=1S/C21H28N4O2/c1-16-14-19(24-21(23-16)22-10-13-27-2)20(26)25-11-8-18(9-12-25)15-17-6-4-3-5-7-17/h3-7,14,18H,8-13,15H2,1-2H3,(H,22,23,24). The van der Waals surface area contributed by atoms with Gasteiger partial charge in [-0.25, -0.2) is 9.97 Å². The topological polar surface area (TPSA) is 67.3 Å². The summed E-state index contributed by atoms with van der Waals surface area (Å²) in [5.41, 5.74) is 2.62. The molecule has 1 aromatic heterocycles. The Hall–Kier alpha value is -2.47. The van der Waals surface area contributed by atoms with E-state index in [1.807, 2.05) is 17.9 Å². The molecule has 0 unspecified atom stereocenters. The minimum absolute atomic E-state index is 0.00606. The van der Waals surface area contributed by atoms with Crippen LogP contribution in [-0.4, -0.2) is 54.1 Å². The van der Waals surface area contributed by atoms with Crippen LogP contribution in [0.25, 0.3) is 0 Å². The van der Waals surface area contributed by atoms with Crippen LogP contribution in [0.5, 0.6) is 0 Å². The Labute approximate surface area is 161 Å². The second-order valence-corrected chi connectivity index (χ2v) is 7.06. The number of piperidine rings is 1. The number of aromatic nitrogens is 2. The number of aryl methyl sites for hydroxylation is 1. The van der Waals surface area contributed by atoms with Gasteiger partial charge >= 0.3 is 0 Å². The summed E-state index contributed by atoms with van der Waals surface area (Å²) >= 11 is 0. The largest absolute Gasteiger partial charge is 0.383 e. The summed E-state index contributed by atoms with van der Waals surface area (Å²) in [5.74, 6) is 1.11. The van der Waals surface area contributed by atoms with Crippen molar-refractivity contribution in [1.29, 1.82) is 0 Å². The Bertz CT molecular complexity index is 743. The molecule has 0 atom stereocenters. The van der Waals surface area contributed by atoms with E-state index in [0.717, 1.165) is 38.0 Å². The normalized spacial score (nSPS) is 15.0. The number of hydrogen-bond acceptors (Lipinski definition) is 5. The van der Waals surface area contributed by atoms with Crippen LogP contribution in [0.4, 0.5) is 5.95 Å². The van der Waals surface area contributed by atoms with Crippen LogP contribution < -0.4 is 5.32 Å². The van der Waals surface area contributed by atoms with Crippen molar-refractivity contribution < 1.29 is 9.53 Å². The van der Waals surface area contributed by atoms with Crippen LogP contribution in [0.15, 0.2) is 36.4 Å². The lowest BCUT2D eigenvalue weighted by atomic mass is 9.90. The molecular formula is C21H28N4O2. The van der Waals surface area contributed by atoms with Crippen LogP contribution in [0.1, 0.15) is 34.6 Å². The average molecular weight is 368 g/mol. The van der Waals surface area contributed by atoms with E-state index < -0.39 is 0 Å². The lowest BCUT2D eigenvalue weighted by Crippen LogP contribution is -2.39. The van der Waals surface area contributed by atoms with Crippen molar-refractivity contribution in [2.75, 3.05) is 38.7 Å². The molecule has 0 aliphatic carbocycles. The van der Waals surface area contributed by atoms with E-state index in [-0.39, 0.29) is 5.91 Å². The number of nitrogens with one attached hydrogen (secondary N) is 1. The van der Waals surface area contributed by atoms with E-state index in [1.165, 1.54) is 5.56 Å². The Morgan fingerprint density at radius 3 is 2.67 bits per heavy atom. The number of amides is 1. The van der Waals surface area contributed by atoms with Gasteiger partial charge in [-0.2, -0.15) is 0 Å². The number of likely N-dealkylation sites (tertiary alicyclic amines) is 1.